The zero-order chi connectivity index (χ0) is 10.8. The molecule has 84 valence electrons. The molecule has 0 bridgehead atoms. The van der Waals surface area contributed by atoms with Crippen LogP contribution in [-0.4, -0.2) is 31.1 Å². The molecule has 0 atom stereocenters. The predicted octanol–water partition coefficient (Wildman–Crippen LogP) is 1.50. The van der Waals surface area contributed by atoms with Crippen LogP contribution in [0.3, 0.4) is 0 Å². The first kappa shape index (κ1) is 10.1. The summed E-state index contributed by atoms with van der Waals surface area (Å²) in [5.41, 5.74) is 1.32. The highest BCUT2D eigenvalue weighted by Gasteiger charge is 2.17. The van der Waals surface area contributed by atoms with Gasteiger partial charge in [-0.1, -0.05) is 18.2 Å². The Morgan fingerprint density at radius 3 is 2.81 bits per heavy atom. The van der Waals surface area contributed by atoms with E-state index in [1.807, 2.05) is 0 Å². The van der Waals surface area contributed by atoms with Gasteiger partial charge in [0, 0.05) is 31.1 Å². The van der Waals surface area contributed by atoms with Crippen molar-refractivity contribution in [3.63, 3.8) is 0 Å². The summed E-state index contributed by atoms with van der Waals surface area (Å²) >= 11 is 1.71. The second kappa shape index (κ2) is 4.39. The van der Waals surface area contributed by atoms with Crippen LogP contribution in [0.4, 0.5) is 0 Å². The van der Waals surface area contributed by atoms with Crippen molar-refractivity contribution in [1.82, 2.24) is 14.9 Å². The maximum atomic E-state index is 3.42. The minimum Gasteiger partial charge on any atom is -0.355 e. The van der Waals surface area contributed by atoms with Crippen LogP contribution in [0.1, 0.15) is 5.56 Å². The van der Waals surface area contributed by atoms with Crippen LogP contribution in [0.5, 0.6) is 0 Å². The lowest BCUT2D eigenvalue weighted by Crippen LogP contribution is -2.45. The van der Waals surface area contributed by atoms with Crippen molar-refractivity contribution in [1.29, 1.82) is 0 Å². The molecule has 0 saturated carbocycles. The molecule has 2 aliphatic rings. The highest BCUT2D eigenvalue weighted by molar-refractivity contribution is 7.97. The highest BCUT2D eigenvalue weighted by Crippen LogP contribution is 2.28. The zero-order valence-corrected chi connectivity index (χ0v) is 9.89. The van der Waals surface area contributed by atoms with E-state index in [4.69, 9.17) is 0 Å². The standard InChI is InChI=1S/C12H15N3S/c1-2-4-11-10(3-1)9-12(14-16-11)15-7-5-13-6-8-15/h1-4,9,13-14H,5-8H2. The molecule has 1 saturated heterocycles. The zero-order valence-electron chi connectivity index (χ0n) is 9.07. The summed E-state index contributed by atoms with van der Waals surface area (Å²) in [6.45, 7) is 4.32. The van der Waals surface area contributed by atoms with Gasteiger partial charge in [-0.15, -0.1) is 0 Å². The van der Waals surface area contributed by atoms with Gasteiger partial charge in [-0.25, -0.2) is 0 Å². The van der Waals surface area contributed by atoms with Crippen LogP contribution in [0, 0.1) is 0 Å². The molecule has 0 aromatic heterocycles. The van der Waals surface area contributed by atoms with Crippen molar-refractivity contribution < 1.29 is 0 Å². The second-order valence-electron chi connectivity index (χ2n) is 4.01. The molecule has 0 spiro atoms. The predicted molar refractivity (Wildman–Crippen MR) is 67.9 cm³/mol. The molecule has 0 aliphatic carbocycles. The fourth-order valence-corrected chi connectivity index (χ4v) is 2.83. The smallest absolute Gasteiger partial charge is 0.112 e. The lowest BCUT2D eigenvalue weighted by atomic mass is 10.2. The molecule has 2 N–H and O–H groups in total. The first-order valence-corrected chi connectivity index (χ1v) is 6.44. The Balaban J connectivity index is 1.85. The number of hydrogen-bond acceptors (Lipinski definition) is 4. The third-order valence-corrected chi connectivity index (χ3v) is 3.84. The normalized spacial score (nSPS) is 19.8. The number of nitrogens with zero attached hydrogens (tertiary/aromatic N) is 1. The average Bonchev–Trinajstić information content (AvgIpc) is 2.39. The maximum Gasteiger partial charge on any atom is 0.112 e. The number of piperazine rings is 1. The van der Waals surface area contributed by atoms with Crippen LogP contribution in [-0.2, 0) is 0 Å². The molecule has 3 nitrogen and oxygen atoms in total. The van der Waals surface area contributed by atoms with Crippen molar-refractivity contribution in [3.8, 4) is 0 Å². The summed E-state index contributed by atoms with van der Waals surface area (Å²) in [7, 11) is 0. The lowest BCUT2D eigenvalue weighted by Gasteiger charge is -2.33. The van der Waals surface area contributed by atoms with Crippen molar-refractivity contribution in [2.24, 2.45) is 0 Å². The molecular formula is C12H15N3S. The first-order chi connectivity index (χ1) is 7.93. The maximum absolute atomic E-state index is 3.42. The second-order valence-corrected chi connectivity index (χ2v) is 4.86. The molecule has 0 unspecified atom stereocenters. The van der Waals surface area contributed by atoms with Crippen LogP contribution in [0.15, 0.2) is 35.0 Å². The van der Waals surface area contributed by atoms with Gasteiger partial charge in [0.05, 0.1) is 0 Å². The van der Waals surface area contributed by atoms with Crippen LogP contribution in [0.2, 0.25) is 0 Å². The Bertz CT molecular complexity index is 410. The summed E-state index contributed by atoms with van der Waals surface area (Å²) < 4.78 is 3.42. The summed E-state index contributed by atoms with van der Waals surface area (Å²) in [5, 5.41) is 3.37. The number of hydrogen-bond donors (Lipinski definition) is 2. The number of rotatable bonds is 1. The van der Waals surface area contributed by atoms with E-state index in [2.05, 4.69) is 45.3 Å². The largest absolute Gasteiger partial charge is 0.355 e. The molecule has 2 heterocycles. The van der Waals surface area contributed by atoms with E-state index in [0.29, 0.717) is 0 Å². The van der Waals surface area contributed by atoms with Crippen LogP contribution >= 0.6 is 11.9 Å². The monoisotopic (exact) mass is 233 g/mol. The Morgan fingerprint density at radius 2 is 1.94 bits per heavy atom. The Morgan fingerprint density at radius 1 is 1.12 bits per heavy atom. The Hall–Kier alpha value is -1.13. The molecule has 1 aromatic rings. The summed E-state index contributed by atoms with van der Waals surface area (Å²) in [5.74, 6) is 1.24. The molecule has 0 amide bonds. The van der Waals surface area contributed by atoms with E-state index in [-0.39, 0.29) is 0 Å². The van der Waals surface area contributed by atoms with Gasteiger partial charge >= 0.3 is 0 Å². The van der Waals surface area contributed by atoms with Crippen LogP contribution in [0.25, 0.3) is 6.08 Å². The van der Waals surface area contributed by atoms with Gasteiger partial charge < -0.3 is 14.9 Å². The Labute approximate surface area is 100 Å². The summed E-state index contributed by atoms with van der Waals surface area (Å²) in [4.78, 5) is 3.71. The molecule has 16 heavy (non-hydrogen) atoms. The topological polar surface area (TPSA) is 27.3 Å². The van der Waals surface area contributed by atoms with Gasteiger partial charge in [0.2, 0.25) is 0 Å². The molecule has 0 radical (unpaired) electrons. The van der Waals surface area contributed by atoms with Crippen molar-refractivity contribution >= 4 is 18.0 Å². The number of fused-ring (bicyclic) bond motifs is 1. The molecule has 3 rings (SSSR count). The Kier molecular flexibility index (Phi) is 2.76. The molecule has 2 aliphatic heterocycles. The molecule has 4 heteroatoms. The summed E-state index contributed by atoms with van der Waals surface area (Å²) in [6.07, 6.45) is 2.25. The highest BCUT2D eigenvalue weighted by atomic mass is 32.2. The average molecular weight is 233 g/mol. The molecule has 1 aromatic carbocycles. The van der Waals surface area contributed by atoms with E-state index < -0.39 is 0 Å². The van der Waals surface area contributed by atoms with Crippen molar-refractivity contribution in [3.05, 3.63) is 35.6 Å². The lowest BCUT2D eigenvalue weighted by molar-refractivity contribution is 0.294. The number of benzene rings is 1. The van der Waals surface area contributed by atoms with Gasteiger partial charge in [0.15, 0.2) is 0 Å². The quantitative estimate of drug-likeness (QED) is 0.719. The van der Waals surface area contributed by atoms with E-state index in [1.165, 1.54) is 16.3 Å². The third-order valence-electron chi connectivity index (χ3n) is 2.93. The number of nitrogens with one attached hydrogen (secondary N) is 2. The molecule has 1 fully saturated rings. The first-order valence-electron chi connectivity index (χ1n) is 5.63. The van der Waals surface area contributed by atoms with Crippen molar-refractivity contribution in [2.45, 2.75) is 4.90 Å². The SMILES string of the molecule is C1=C(N2CCNCC2)NSc2ccccc21. The third kappa shape index (κ3) is 1.90. The van der Waals surface area contributed by atoms with Gasteiger partial charge in [0.1, 0.15) is 5.82 Å². The van der Waals surface area contributed by atoms with Crippen molar-refractivity contribution in [2.75, 3.05) is 26.2 Å². The minimum absolute atomic E-state index is 1.07. The van der Waals surface area contributed by atoms with E-state index in [0.717, 1.165) is 26.2 Å². The van der Waals surface area contributed by atoms with Gasteiger partial charge in [0.25, 0.3) is 0 Å². The molecular weight excluding hydrogens is 218 g/mol. The summed E-state index contributed by atoms with van der Waals surface area (Å²) in [6, 6.07) is 8.50. The van der Waals surface area contributed by atoms with E-state index >= 15 is 0 Å². The van der Waals surface area contributed by atoms with E-state index in [1.54, 1.807) is 11.9 Å². The fourth-order valence-electron chi connectivity index (χ4n) is 2.04. The van der Waals surface area contributed by atoms with Gasteiger partial charge in [-0.05, 0) is 29.7 Å². The van der Waals surface area contributed by atoms with Crippen LogP contribution < -0.4 is 10.0 Å². The van der Waals surface area contributed by atoms with Gasteiger partial charge in [-0.2, -0.15) is 0 Å². The fraction of sp³-hybridized carbons (Fsp3) is 0.333. The van der Waals surface area contributed by atoms with Gasteiger partial charge in [-0.3, -0.25) is 0 Å². The minimum atomic E-state index is 1.07. The van der Waals surface area contributed by atoms with E-state index in [9.17, 15) is 0 Å².